The van der Waals surface area contributed by atoms with Gasteiger partial charge >= 0.3 is 13.4 Å². The minimum Gasteiger partial charge on any atom is -0.418 e. The van der Waals surface area contributed by atoms with Crippen molar-refractivity contribution >= 4 is 7.25 Å². The van der Waals surface area contributed by atoms with Crippen LogP contribution in [0.5, 0.6) is 0 Å². The van der Waals surface area contributed by atoms with E-state index in [1.807, 2.05) is 30.3 Å². The second kappa shape index (κ2) is 8.49. The van der Waals surface area contributed by atoms with Gasteiger partial charge in [-0.15, -0.1) is 0 Å². The summed E-state index contributed by atoms with van der Waals surface area (Å²) in [6, 6.07) is 15.2. The molecule has 0 radical (unpaired) electrons. The molecule has 3 aromatic rings. The van der Waals surface area contributed by atoms with Gasteiger partial charge < -0.3 is 17.3 Å². The number of halogens is 7. The molecule has 30 heavy (non-hydrogen) atoms. The van der Waals surface area contributed by atoms with Crippen LogP contribution in [-0.2, 0) is 25.6 Å². The number of fused-ring (bicyclic) bond motifs is 1. The van der Waals surface area contributed by atoms with Crippen LogP contribution in [0.3, 0.4) is 0 Å². The van der Waals surface area contributed by atoms with Gasteiger partial charge in [0.25, 0.3) is 5.82 Å². The summed E-state index contributed by atoms with van der Waals surface area (Å²) in [7, 11) is -6.00. The summed E-state index contributed by atoms with van der Waals surface area (Å²) in [5.41, 5.74) is 1.16. The van der Waals surface area contributed by atoms with Crippen LogP contribution in [0.1, 0.15) is 29.2 Å². The fourth-order valence-electron chi connectivity index (χ4n) is 3.28. The zero-order valence-electron chi connectivity index (χ0n) is 15.6. The molecule has 0 saturated heterocycles. The minimum absolute atomic E-state index is 0.645. The van der Waals surface area contributed by atoms with Gasteiger partial charge in [-0.1, -0.05) is 35.0 Å². The first kappa shape index (κ1) is 21.9. The van der Waals surface area contributed by atoms with E-state index in [-0.39, 0.29) is 0 Å². The molecular weight excluding hydrogens is 414 g/mol. The molecule has 1 aliphatic rings. The molecule has 160 valence electrons. The predicted octanol–water partition coefficient (Wildman–Crippen LogP) is 5.02. The van der Waals surface area contributed by atoms with E-state index >= 15 is 0 Å². The SMILES string of the molecule is FC(F)(F)c1ccc(-n2nc3[n+](c2Cc2ccccc2)CCC3)cc1.F[B-](F)(F)F. The number of hydrogen-bond acceptors (Lipinski definition) is 1. The van der Waals surface area contributed by atoms with Crippen molar-refractivity contribution in [2.75, 3.05) is 0 Å². The molecule has 3 nitrogen and oxygen atoms in total. The Morgan fingerprint density at radius 2 is 1.53 bits per heavy atom. The molecule has 0 unspecified atom stereocenters. The summed E-state index contributed by atoms with van der Waals surface area (Å²) in [6.45, 7) is 0.901. The molecule has 0 amide bonds. The first-order valence-corrected chi connectivity index (χ1v) is 9.12. The van der Waals surface area contributed by atoms with Gasteiger partial charge in [0.2, 0.25) is 5.82 Å². The molecule has 2 aromatic carbocycles. The molecule has 1 aliphatic heterocycles. The third-order valence-corrected chi connectivity index (χ3v) is 4.51. The van der Waals surface area contributed by atoms with Gasteiger partial charge in [-0.2, -0.15) is 13.2 Å². The molecule has 0 spiro atoms. The summed E-state index contributed by atoms with van der Waals surface area (Å²) >= 11 is 0. The number of benzene rings is 2. The Hall–Kier alpha value is -2.85. The quantitative estimate of drug-likeness (QED) is 0.325. The van der Waals surface area contributed by atoms with Crippen LogP contribution in [-0.4, -0.2) is 17.0 Å². The number of alkyl halides is 3. The largest absolute Gasteiger partial charge is 0.673 e. The molecule has 0 N–H and O–H groups in total. The van der Waals surface area contributed by atoms with E-state index in [2.05, 4.69) is 9.67 Å². The van der Waals surface area contributed by atoms with Crippen LogP contribution in [0.4, 0.5) is 30.4 Å². The highest BCUT2D eigenvalue weighted by Gasteiger charge is 2.32. The lowest BCUT2D eigenvalue weighted by atomic mass is 10.1. The minimum atomic E-state index is -6.00. The zero-order valence-corrected chi connectivity index (χ0v) is 15.6. The third kappa shape index (κ3) is 5.61. The second-order valence-electron chi connectivity index (χ2n) is 6.70. The van der Waals surface area contributed by atoms with E-state index in [9.17, 15) is 30.4 Å². The van der Waals surface area contributed by atoms with Crippen molar-refractivity contribution in [2.45, 2.75) is 32.0 Å². The van der Waals surface area contributed by atoms with E-state index < -0.39 is 19.0 Å². The van der Waals surface area contributed by atoms with Crippen LogP contribution in [0.25, 0.3) is 5.69 Å². The Labute approximate surface area is 167 Å². The van der Waals surface area contributed by atoms with Crippen LogP contribution in [0.2, 0.25) is 0 Å². The first-order valence-electron chi connectivity index (χ1n) is 9.12. The summed E-state index contributed by atoms with van der Waals surface area (Å²) in [4.78, 5) is 0. The van der Waals surface area contributed by atoms with E-state index in [1.54, 1.807) is 4.68 Å². The maximum absolute atomic E-state index is 12.8. The Morgan fingerprint density at radius 1 is 0.933 bits per heavy atom. The van der Waals surface area contributed by atoms with Crippen molar-refractivity contribution in [3.05, 3.63) is 77.4 Å². The van der Waals surface area contributed by atoms with E-state index in [4.69, 9.17) is 0 Å². The number of hydrogen-bond donors (Lipinski definition) is 0. The number of aromatic nitrogens is 3. The summed E-state index contributed by atoms with van der Waals surface area (Å²) in [5.74, 6) is 1.99. The van der Waals surface area contributed by atoms with Crippen molar-refractivity contribution in [3.63, 3.8) is 0 Å². The van der Waals surface area contributed by atoms with Gasteiger partial charge in [-0.25, -0.2) is 4.57 Å². The average molecular weight is 431 g/mol. The number of nitrogens with zero attached hydrogens (tertiary/aromatic N) is 3. The molecule has 1 aromatic heterocycles. The van der Waals surface area contributed by atoms with Crippen LogP contribution in [0.15, 0.2) is 54.6 Å². The molecule has 2 heterocycles. The average Bonchev–Trinajstić information content (AvgIpc) is 3.23. The fraction of sp³-hybridized carbons (Fsp3) is 0.263. The summed E-state index contributed by atoms with van der Waals surface area (Å²) in [6.07, 6.45) is -1.69. The third-order valence-electron chi connectivity index (χ3n) is 4.51. The van der Waals surface area contributed by atoms with Gasteiger partial charge in [0.15, 0.2) is 0 Å². The summed E-state index contributed by atoms with van der Waals surface area (Å²) < 4.78 is 81.3. The van der Waals surface area contributed by atoms with E-state index in [1.165, 1.54) is 12.1 Å². The lowest BCUT2D eigenvalue weighted by Gasteiger charge is -2.07. The number of rotatable bonds is 3. The van der Waals surface area contributed by atoms with Crippen molar-refractivity contribution in [3.8, 4) is 5.69 Å². The highest BCUT2D eigenvalue weighted by molar-refractivity contribution is 6.50. The number of aryl methyl sites for hydroxylation is 1. The highest BCUT2D eigenvalue weighted by atomic mass is 19.5. The summed E-state index contributed by atoms with van der Waals surface area (Å²) in [5, 5.41) is 4.65. The topological polar surface area (TPSA) is 21.7 Å². The van der Waals surface area contributed by atoms with Gasteiger partial charge in [0.1, 0.15) is 5.69 Å². The second-order valence-corrected chi connectivity index (χ2v) is 6.70. The van der Waals surface area contributed by atoms with Gasteiger partial charge in [0.05, 0.1) is 18.5 Å². The Bertz CT molecular complexity index is 974. The van der Waals surface area contributed by atoms with Gasteiger partial charge in [-0.3, -0.25) is 0 Å². The normalized spacial score (nSPS) is 13.6. The molecule has 0 fully saturated rings. The maximum Gasteiger partial charge on any atom is 0.673 e. The van der Waals surface area contributed by atoms with Crippen molar-refractivity contribution in [1.82, 2.24) is 9.78 Å². The van der Waals surface area contributed by atoms with Crippen molar-refractivity contribution in [1.29, 1.82) is 0 Å². The Kier molecular flexibility index (Phi) is 6.18. The zero-order chi connectivity index (χ0) is 21.9. The lowest BCUT2D eigenvalue weighted by Crippen LogP contribution is -2.36. The van der Waals surface area contributed by atoms with Crippen molar-refractivity contribution < 1.29 is 35.0 Å². The van der Waals surface area contributed by atoms with Crippen molar-refractivity contribution in [2.24, 2.45) is 0 Å². The smallest absolute Gasteiger partial charge is 0.418 e. The Balaban J connectivity index is 0.000000461. The van der Waals surface area contributed by atoms with E-state index in [0.717, 1.165) is 48.7 Å². The molecule has 11 heteroatoms. The van der Waals surface area contributed by atoms with Crippen LogP contribution >= 0.6 is 0 Å². The molecule has 4 rings (SSSR count). The monoisotopic (exact) mass is 431 g/mol. The molecular formula is C19H17BF7N3. The molecule has 0 bridgehead atoms. The molecule has 0 aliphatic carbocycles. The standard InChI is InChI=1S/C19H17F3N3.BF4/c20-19(21,22)15-8-10-16(11-9-15)25-18(13-14-5-2-1-3-6-14)24-12-4-7-17(24)23-25;2-1(3,4)5/h1-3,5-6,8-11H,4,7,12-13H2;/q+1;-1. The van der Waals surface area contributed by atoms with Crippen LogP contribution in [0, 0.1) is 0 Å². The predicted molar refractivity (Wildman–Crippen MR) is 96.5 cm³/mol. The lowest BCUT2D eigenvalue weighted by molar-refractivity contribution is -0.698. The molecule has 0 saturated carbocycles. The fourth-order valence-corrected chi connectivity index (χ4v) is 3.28. The Morgan fingerprint density at radius 3 is 2.10 bits per heavy atom. The molecule has 0 atom stereocenters. The van der Waals surface area contributed by atoms with E-state index in [0.29, 0.717) is 12.1 Å². The maximum atomic E-state index is 12.8. The first-order chi connectivity index (χ1) is 14.0. The van der Waals surface area contributed by atoms with Crippen LogP contribution < -0.4 is 4.57 Å². The highest BCUT2D eigenvalue weighted by Crippen LogP contribution is 2.29. The van der Waals surface area contributed by atoms with Gasteiger partial charge in [0, 0.05) is 11.5 Å². The van der Waals surface area contributed by atoms with Gasteiger partial charge in [-0.05, 0) is 36.2 Å².